The number of hydrogen-bond acceptors (Lipinski definition) is 7. The number of carbonyl (C=O) groups is 1. The van der Waals surface area contributed by atoms with Crippen LogP contribution in [0.3, 0.4) is 0 Å². The number of nitrogens with one attached hydrogen (secondary N) is 2. The molecule has 126 valence electrons. The Morgan fingerprint density at radius 2 is 2.00 bits per heavy atom. The van der Waals surface area contributed by atoms with Gasteiger partial charge in [-0.05, 0) is 19.1 Å². The Morgan fingerprint density at radius 3 is 2.68 bits per heavy atom. The summed E-state index contributed by atoms with van der Waals surface area (Å²) in [5.41, 5.74) is 2.41. The number of H-pyrrole nitrogens is 1. The van der Waals surface area contributed by atoms with Crippen LogP contribution in [0.2, 0.25) is 0 Å². The molecule has 0 spiro atoms. The van der Waals surface area contributed by atoms with Crippen LogP contribution >= 0.6 is 11.3 Å². The number of hydrogen-bond donors (Lipinski definition) is 2. The van der Waals surface area contributed by atoms with Gasteiger partial charge in [-0.2, -0.15) is 10.2 Å². The van der Waals surface area contributed by atoms with Crippen molar-refractivity contribution in [3.05, 3.63) is 67.4 Å². The van der Waals surface area contributed by atoms with Crippen LogP contribution < -0.4 is 11.0 Å². The smallest absolute Gasteiger partial charge is 0.267 e. The van der Waals surface area contributed by atoms with E-state index in [4.69, 9.17) is 0 Å². The molecular weight excluding hydrogens is 346 g/mol. The number of nitro groups is 1. The SMILES string of the molecule is C/C(=N/NC(=O)c1n[nH]c(=O)c2ccccc12)c1ccc([N+](=O)[O-])s1. The van der Waals surface area contributed by atoms with E-state index in [1.807, 2.05) is 0 Å². The lowest BCUT2D eigenvalue weighted by Gasteiger charge is -2.04. The zero-order chi connectivity index (χ0) is 18.0. The lowest BCUT2D eigenvalue weighted by molar-refractivity contribution is -0.380. The number of amides is 1. The van der Waals surface area contributed by atoms with Crippen LogP contribution in [0.25, 0.3) is 10.8 Å². The molecule has 3 rings (SSSR count). The van der Waals surface area contributed by atoms with E-state index in [1.165, 1.54) is 6.07 Å². The van der Waals surface area contributed by atoms with Crippen LogP contribution in [0, 0.1) is 10.1 Å². The molecule has 0 unspecified atom stereocenters. The summed E-state index contributed by atoms with van der Waals surface area (Å²) >= 11 is 0.957. The fourth-order valence-electron chi connectivity index (χ4n) is 2.15. The Labute approximate surface area is 144 Å². The van der Waals surface area contributed by atoms with E-state index in [1.54, 1.807) is 37.3 Å². The predicted octanol–water partition coefficient (Wildman–Crippen LogP) is 2.05. The van der Waals surface area contributed by atoms with Gasteiger partial charge in [0.25, 0.3) is 11.5 Å². The number of rotatable bonds is 4. The Morgan fingerprint density at radius 1 is 1.28 bits per heavy atom. The average Bonchev–Trinajstić information content (AvgIpc) is 3.10. The van der Waals surface area contributed by atoms with Crippen molar-refractivity contribution in [3.8, 4) is 0 Å². The van der Waals surface area contributed by atoms with Crippen molar-refractivity contribution in [1.29, 1.82) is 0 Å². The molecule has 25 heavy (non-hydrogen) atoms. The first-order chi connectivity index (χ1) is 12.0. The summed E-state index contributed by atoms with van der Waals surface area (Å²) < 4.78 is 0. The van der Waals surface area contributed by atoms with Crippen molar-refractivity contribution in [1.82, 2.24) is 15.6 Å². The van der Waals surface area contributed by atoms with Crippen molar-refractivity contribution in [2.24, 2.45) is 5.10 Å². The molecule has 2 aromatic heterocycles. The monoisotopic (exact) mass is 357 g/mol. The maximum Gasteiger partial charge on any atom is 0.324 e. The topological polar surface area (TPSA) is 130 Å². The number of hydrazone groups is 1. The van der Waals surface area contributed by atoms with Crippen LogP contribution in [-0.4, -0.2) is 26.7 Å². The lowest BCUT2D eigenvalue weighted by atomic mass is 10.1. The molecule has 0 aliphatic rings. The fourth-order valence-corrected chi connectivity index (χ4v) is 2.92. The third kappa shape index (κ3) is 3.28. The quantitative estimate of drug-likeness (QED) is 0.419. The van der Waals surface area contributed by atoms with E-state index >= 15 is 0 Å². The molecule has 1 aromatic carbocycles. The molecular formula is C15H11N5O4S. The summed E-state index contributed by atoms with van der Waals surface area (Å²) in [7, 11) is 0. The van der Waals surface area contributed by atoms with Crippen LogP contribution in [0.15, 0.2) is 46.3 Å². The highest BCUT2D eigenvalue weighted by molar-refractivity contribution is 7.17. The molecule has 0 saturated heterocycles. The third-order valence-corrected chi connectivity index (χ3v) is 4.51. The van der Waals surface area contributed by atoms with Gasteiger partial charge in [-0.3, -0.25) is 19.7 Å². The van der Waals surface area contributed by atoms with E-state index in [2.05, 4.69) is 20.7 Å². The Hall–Kier alpha value is -3.40. The summed E-state index contributed by atoms with van der Waals surface area (Å²) in [6.45, 7) is 1.62. The molecule has 2 N–H and O–H groups in total. The predicted molar refractivity (Wildman–Crippen MR) is 93.0 cm³/mol. The van der Waals surface area contributed by atoms with Crippen molar-refractivity contribution < 1.29 is 9.72 Å². The second kappa shape index (κ2) is 6.61. The van der Waals surface area contributed by atoms with Crippen molar-refractivity contribution in [2.75, 3.05) is 0 Å². The largest absolute Gasteiger partial charge is 0.324 e. The summed E-state index contributed by atoms with van der Waals surface area (Å²) in [4.78, 5) is 34.8. The Bertz CT molecular complexity index is 1070. The number of fused-ring (bicyclic) bond motifs is 1. The van der Waals surface area contributed by atoms with Crippen LogP contribution in [-0.2, 0) is 0 Å². The second-order valence-electron chi connectivity index (χ2n) is 4.98. The van der Waals surface area contributed by atoms with Gasteiger partial charge >= 0.3 is 5.00 Å². The molecule has 9 nitrogen and oxygen atoms in total. The number of benzene rings is 1. The first kappa shape index (κ1) is 16.5. The molecule has 3 aromatic rings. The van der Waals surface area contributed by atoms with E-state index in [-0.39, 0.29) is 10.7 Å². The molecule has 0 aliphatic carbocycles. The molecule has 0 bridgehead atoms. The van der Waals surface area contributed by atoms with Crippen molar-refractivity contribution in [2.45, 2.75) is 6.92 Å². The van der Waals surface area contributed by atoms with Gasteiger partial charge in [0.2, 0.25) is 0 Å². The highest BCUT2D eigenvalue weighted by Crippen LogP contribution is 2.24. The maximum absolute atomic E-state index is 12.3. The zero-order valence-corrected chi connectivity index (χ0v) is 13.7. The molecule has 0 saturated carbocycles. The number of aromatic amines is 1. The van der Waals surface area contributed by atoms with Gasteiger partial charge in [-0.25, -0.2) is 10.5 Å². The van der Waals surface area contributed by atoms with Gasteiger partial charge in [-0.1, -0.05) is 29.5 Å². The Kier molecular flexibility index (Phi) is 4.35. The first-order valence-corrected chi connectivity index (χ1v) is 7.85. The van der Waals surface area contributed by atoms with E-state index < -0.39 is 16.4 Å². The average molecular weight is 357 g/mol. The highest BCUT2D eigenvalue weighted by atomic mass is 32.1. The number of nitrogens with zero attached hydrogens (tertiary/aromatic N) is 3. The maximum atomic E-state index is 12.3. The minimum atomic E-state index is -0.599. The minimum Gasteiger partial charge on any atom is -0.267 e. The summed E-state index contributed by atoms with van der Waals surface area (Å²) in [5, 5.41) is 21.4. The van der Waals surface area contributed by atoms with Crippen LogP contribution in [0.1, 0.15) is 22.3 Å². The molecule has 0 radical (unpaired) electrons. The van der Waals surface area contributed by atoms with E-state index in [9.17, 15) is 19.7 Å². The molecule has 0 atom stereocenters. The normalized spacial score (nSPS) is 11.5. The standard InChI is InChI=1S/C15H11N5O4S/c1-8(11-6-7-12(25-11)20(23)24)16-19-15(22)13-9-4-2-3-5-10(9)14(21)18-17-13/h2-7H,1H3,(H,18,21)(H,19,22)/b16-8-. The van der Waals surface area contributed by atoms with E-state index in [0.29, 0.717) is 21.4 Å². The molecule has 0 aliphatic heterocycles. The van der Waals surface area contributed by atoms with Gasteiger partial charge in [0, 0.05) is 11.5 Å². The number of aromatic nitrogens is 2. The number of carbonyl (C=O) groups excluding carboxylic acids is 1. The summed E-state index contributed by atoms with van der Waals surface area (Å²) in [5.74, 6) is -0.599. The van der Waals surface area contributed by atoms with Gasteiger partial charge in [-0.15, -0.1) is 0 Å². The summed E-state index contributed by atoms with van der Waals surface area (Å²) in [6, 6.07) is 9.52. The van der Waals surface area contributed by atoms with Gasteiger partial charge in [0.15, 0.2) is 5.69 Å². The molecule has 1 amide bonds. The van der Waals surface area contributed by atoms with E-state index in [0.717, 1.165) is 11.3 Å². The molecule has 10 heteroatoms. The Balaban J connectivity index is 1.86. The fraction of sp³-hybridized carbons (Fsp3) is 0.0667. The van der Waals surface area contributed by atoms with Gasteiger partial charge in [0.1, 0.15) is 0 Å². The number of thiophene rings is 1. The third-order valence-electron chi connectivity index (χ3n) is 3.36. The van der Waals surface area contributed by atoms with Crippen LogP contribution in [0.4, 0.5) is 5.00 Å². The lowest BCUT2D eigenvalue weighted by Crippen LogP contribution is -2.23. The van der Waals surface area contributed by atoms with Crippen molar-refractivity contribution >= 4 is 38.7 Å². The highest BCUT2D eigenvalue weighted by Gasteiger charge is 2.15. The first-order valence-electron chi connectivity index (χ1n) is 7.04. The zero-order valence-electron chi connectivity index (χ0n) is 12.8. The van der Waals surface area contributed by atoms with Gasteiger partial charge in [0.05, 0.1) is 20.9 Å². The van der Waals surface area contributed by atoms with Crippen molar-refractivity contribution in [3.63, 3.8) is 0 Å². The van der Waals surface area contributed by atoms with Crippen LogP contribution in [0.5, 0.6) is 0 Å². The second-order valence-corrected chi connectivity index (χ2v) is 6.04. The van der Waals surface area contributed by atoms with Gasteiger partial charge < -0.3 is 0 Å². The molecule has 0 fully saturated rings. The molecule has 2 heterocycles. The summed E-state index contributed by atoms with van der Waals surface area (Å²) in [6.07, 6.45) is 0. The minimum absolute atomic E-state index is 0.0100.